The van der Waals surface area contributed by atoms with E-state index < -0.39 is 0 Å². The van der Waals surface area contributed by atoms with E-state index in [1.807, 2.05) is 43.0 Å². The molecule has 1 rings (SSSR count). The van der Waals surface area contributed by atoms with Crippen molar-refractivity contribution in [2.45, 2.75) is 24.3 Å². The molecule has 0 aliphatic rings. The van der Waals surface area contributed by atoms with Crippen LogP contribution >= 0.6 is 23.4 Å². The van der Waals surface area contributed by atoms with Gasteiger partial charge in [0.1, 0.15) is 0 Å². The van der Waals surface area contributed by atoms with Gasteiger partial charge in [0.05, 0.1) is 6.61 Å². The van der Waals surface area contributed by atoms with E-state index in [1.165, 1.54) is 4.90 Å². The summed E-state index contributed by atoms with van der Waals surface area (Å²) in [6.07, 6.45) is 1.09. The summed E-state index contributed by atoms with van der Waals surface area (Å²) in [5.41, 5.74) is 0. The Bertz CT molecular complexity index is 292. The third kappa shape index (κ3) is 5.75. The van der Waals surface area contributed by atoms with Crippen LogP contribution in [0, 0.1) is 0 Å². The Morgan fingerprint density at radius 3 is 2.69 bits per heavy atom. The fraction of sp³-hybridized carbons (Fsp3) is 0.500. The van der Waals surface area contributed by atoms with Gasteiger partial charge in [-0.25, -0.2) is 0 Å². The minimum absolute atomic E-state index is 0.195. The van der Waals surface area contributed by atoms with Gasteiger partial charge in [-0.1, -0.05) is 11.6 Å². The zero-order valence-corrected chi connectivity index (χ0v) is 11.0. The number of nitrogens with one attached hydrogen (secondary N) is 1. The van der Waals surface area contributed by atoms with Crippen LogP contribution in [0.3, 0.4) is 0 Å². The number of hydrogen-bond donors (Lipinski definition) is 2. The Hall–Kier alpha value is -0.220. The predicted molar refractivity (Wildman–Crippen MR) is 71.3 cm³/mol. The second-order valence-corrected chi connectivity index (χ2v) is 5.30. The molecule has 0 amide bonds. The van der Waals surface area contributed by atoms with Gasteiger partial charge in [-0.05, 0) is 49.9 Å². The lowest BCUT2D eigenvalue weighted by Gasteiger charge is -2.09. The zero-order chi connectivity index (χ0) is 11.8. The highest BCUT2D eigenvalue weighted by atomic mass is 35.5. The molecule has 2 nitrogen and oxygen atoms in total. The van der Waals surface area contributed by atoms with Gasteiger partial charge in [-0.3, -0.25) is 0 Å². The molecule has 2 N–H and O–H groups in total. The molecule has 0 fully saturated rings. The van der Waals surface area contributed by atoms with Crippen LogP contribution in [0.5, 0.6) is 0 Å². The molecule has 0 unspecified atom stereocenters. The summed E-state index contributed by atoms with van der Waals surface area (Å²) in [6, 6.07) is 8.10. The smallest absolute Gasteiger partial charge is 0.0581 e. The molecule has 1 aromatic rings. The molecule has 0 aliphatic carbocycles. The van der Waals surface area contributed by atoms with Crippen LogP contribution in [0.4, 0.5) is 0 Å². The molecular formula is C12H18ClNOS. The third-order valence-electron chi connectivity index (χ3n) is 2.17. The lowest BCUT2D eigenvalue weighted by Crippen LogP contribution is -2.30. The van der Waals surface area contributed by atoms with Crippen molar-refractivity contribution in [3.05, 3.63) is 29.3 Å². The maximum Gasteiger partial charge on any atom is 0.0581 e. The first-order chi connectivity index (χ1) is 7.72. The molecule has 0 bridgehead atoms. The number of halogens is 1. The van der Waals surface area contributed by atoms with Crippen LogP contribution in [0.1, 0.15) is 13.3 Å². The normalized spacial score (nSPS) is 12.7. The second kappa shape index (κ2) is 7.96. The van der Waals surface area contributed by atoms with E-state index in [-0.39, 0.29) is 12.6 Å². The van der Waals surface area contributed by atoms with Gasteiger partial charge >= 0.3 is 0 Å². The van der Waals surface area contributed by atoms with Crippen molar-refractivity contribution in [1.82, 2.24) is 5.32 Å². The van der Waals surface area contributed by atoms with Crippen molar-refractivity contribution >= 4 is 23.4 Å². The highest BCUT2D eigenvalue weighted by molar-refractivity contribution is 7.99. The fourth-order valence-corrected chi connectivity index (χ4v) is 2.18. The molecule has 1 aromatic carbocycles. The Kier molecular flexibility index (Phi) is 6.88. The summed E-state index contributed by atoms with van der Waals surface area (Å²) < 4.78 is 0. The molecule has 90 valence electrons. The summed E-state index contributed by atoms with van der Waals surface area (Å²) in [4.78, 5) is 1.25. The fourth-order valence-electron chi connectivity index (χ4n) is 1.21. The third-order valence-corrected chi connectivity index (χ3v) is 3.52. The van der Waals surface area contributed by atoms with Crippen molar-refractivity contribution in [1.29, 1.82) is 0 Å². The van der Waals surface area contributed by atoms with Crippen molar-refractivity contribution in [2.24, 2.45) is 0 Å². The van der Waals surface area contributed by atoms with Crippen LogP contribution in [-0.2, 0) is 0 Å². The van der Waals surface area contributed by atoms with E-state index in [2.05, 4.69) is 5.32 Å². The van der Waals surface area contributed by atoms with E-state index in [4.69, 9.17) is 16.7 Å². The molecule has 4 heteroatoms. The monoisotopic (exact) mass is 259 g/mol. The number of benzene rings is 1. The first-order valence-electron chi connectivity index (χ1n) is 5.45. The van der Waals surface area contributed by atoms with Crippen LogP contribution < -0.4 is 5.32 Å². The van der Waals surface area contributed by atoms with Crippen molar-refractivity contribution in [2.75, 3.05) is 18.9 Å². The highest BCUT2D eigenvalue weighted by Gasteiger charge is 1.98. The molecule has 0 aliphatic heterocycles. The number of aliphatic hydroxyl groups is 1. The summed E-state index contributed by atoms with van der Waals surface area (Å²) >= 11 is 7.63. The predicted octanol–water partition coefficient (Wildman–Crippen LogP) is 2.79. The molecule has 0 radical (unpaired) electrons. The maximum absolute atomic E-state index is 8.82. The van der Waals surface area contributed by atoms with E-state index in [0.29, 0.717) is 0 Å². The first kappa shape index (κ1) is 13.8. The quantitative estimate of drug-likeness (QED) is 0.583. The lowest BCUT2D eigenvalue weighted by atomic mass is 10.3. The van der Waals surface area contributed by atoms with E-state index in [9.17, 15) is 0 Å². The van der Waals surface area contributed by atoms with Crippen molar-refractivity contribution < 1.29 is 5.11 Å². The summed E-state index contributed by atoms with van der Waals surface area (Å²) in [5.74, 6) is 1.08. The SMILES string of the molecule is C[C@H](CO)NCCCSc1ccc(Cl)cc1. The lowest BCUT2D eigenvalue weighted by molar-refractivity contribution is 0.252. The van der Waals surface area contributed by atoms with E-state index in [1.54, 1.807) is 0 Å². The molecule has 0 saturated heterocycles. The van der Waals surface area contributed by atoms with E-state index >= 15 is 0 Å². The van der Waals surface area contributed by atoms with E-state index in [0.717, 1.165) is 23.7 Å². The van der Waals surface area contributed by atoms with Gasteiger partial charge in [0.25, 0.3) is 0 Å². The highest BCUT2D eigenvalue weighted by Crippen LogP contribution is 2.20. The minimum Gasteiger partial charge on any atom is -0.395 e. The maximum atomic E-state index is 8.82. The van der Waals surface area contributed by atoms with Gasteiger partial charge < -0.3 is 10.4 Å². The Morgan fingerprint density at radius 1 is 1.38 bits per heavy atom. The minimum atomic E-state index is 0.195. The van der Waals surface area contributed by atoms with Crippen LogP contribution in [0.15, 0.2) is 29.2 Å². The molecule has 0 spiro atoms. The van der Waals surface area contributed by atoms with Gasteiger partial charge in [0, 0.05) is 16.0 Å². The largest absolute Gasteiger partial charge is 0.395 e. The number of rotatable bonds is 7. The van der Waals surface area contributed by atoms with Crippen LogP contribution in [0.2, 0.25) is 5.02 Å². The van der Waals surface area contributed by atoms with Gasteiger partial charge in [0.15, 0.2) is 0 Å². The zero-order valence-electron chi connectivity index (χ0n) is 9.45. The second-order valence-electron chi connectivity index (χ2n) is 3.69. The standard InChI is InChI=1S/C12H18ClNOS/c1-10(9-15)14-7-2-8-16-12-5-3-11(13)4-6-12/h3-6,10,14-15H,2,7-9H2,1H3/t10-/m1/s1. The average Bonchev–Trinajstić information content (AvgIpc) is 2.31. The number of thioether (sulfide) groups is 1. The Labute approximate surface area is 106 Å². The average molecular weight is 260 g/mol. The number of hydrogen-bond acceptors (Lipinski definition) is 3. The molecule has 0 saturated carbocycles. The summed E-state index contributed by atoms with van der Waals surface area (Å²) in [5, 5.41) is 12.8. The van der Waals surface area contributed by atoms with Crippen molar-refractivity contribution in [3.8, 4) is 0 Å². The first-order valence-corrected chi connectivity index (χ1v) is 6.81. The Morgan fingerprint density at radius 2 is 2.06 bits per heavy atom. The molecular weight excluding hydrogens is 242 g/mol. The van der Waals surface area contributed by atoms with Crippen LogP contribution in [0.25, 0.3) is 0 Å². The molecule has 16 heavy (non-hydrogen) atoms. The molecule has 0 aromatic heterocycles. The van der Waals surface area contributed by atoms with Crippen molar-refractivity contribution in [3.63, 3.8) is 0 Å². The molecule has 0 heterocycles. The summed E-state index contributed by atoms with van der Waals surface area (Å²) in [6.45, 7) is 3.12. The summed E-state index contributed by atoms with van der Waals surface area (Å²) in [7, 11) is 0. The van der Waals surface area contributed by atoms with Gasteiger partial charge in [0.2, 0.25) is 0 Å². The van der Waals surface area contributed by atoms with Gasteiger partial charge in [-0.15, -0.1) is 11.8 Å². The topological polar surface area (TPSA) is 32.3 Å². The van der Waals surface area contributed by atoms with Crippen LogP contribution in [-0.4, -0.2) is 30.1 Å². The Balaban J connectivity index is 2.09. The van der Waals surface area contributed by atoms with Gasteiger partial charge in [-0.2, -0.15) is 0 Å². The number of aliphatic hydroxyl groups excluding tert-OH is 1. The molecule has 1 atom stereocenters.